The number of carbonyl (C=O) groups is 1. The lowest BCUT2D eigenvalue weighted by Crippen LogP contribution is -2.29. The first-order valence-electron chi connectivity index (χ1n) is 7.46. The van der Waals surface area contributed by atoms with Gasteiger partial charge in [-0.25, -0.2) is 9.48 Å². The number of fused-ring (bicyclic) bond motifs is 3. The van der Waals surface area contributed by atoms with Crippen molar-refractivity contribution in [3.05, 3.63) is 60.4 Å². The molecule has 0 amide bonds. The van der Waals surface area contributed by atoms with Crippen molar-refractivity contribution >= 4 is 17.5 Å². The Morgan fingerprint density at radius 3 is 2.46 bits per heavy atom. The molecule has 2 heterocycles. The lowest BCUT2D eigenvalue weighted by Gasteiger charge is -2.36. The number of hydrogen-bond acceptors (Lipinski definition) is 5. The van der Waals surface area contributed by atoms with Crippen molar-refractivity contribution in [3.8, 4) is 11.7 Å². The van der Waals surface area contributed by atoms with Gasteiger partial charge in [-0.3, -0.25) is 0 Å². The smallest absolute Gasteiger partial charge is 0.449 e. The first kappa shape index (κ1) is 14.3. The Morgan fingerprint density at radius 2 is 1.75 bits per heavy atom. The van der Waals surface area contributed by atoms with E-state index in [2.05, 4.69) is 19.7 Å². The van der Waals surface area contributed by atoms with Crippen molar-refractivity contribution in [2.75, 3.05) is 4.90 Å². The van der Waals surface area contributed by atoms with Crippen LogP contribution in [0.1, 0.15) is 18.8 Å². The first-order valence-corrected chi connectivity index (χ1v) is 7.46. The summed E-state index contributed by atoms with van der Waals surface area (Å²) in [6.45, 7) is 1.99. The predicted octanol–water partition coefficient (Wildman–Crippen LogP) is 3.54. The zero-order valence-corrected chi connectivity index (χ0v) is 12.8. The van der Waals surface area contributed by atoms with Crippen LogP contribution >= 0.6 is 0 Å². The average molecular weight is 322 g/mol. The highest BCUT2D eigenvalue weighted by atomic mass is 16.7. The maximum Gasteiger partial charge on any atom is 0.513 e. The topological polar surface area (TPSA) is 80.5 Å². The monoisotopic (exact) mass is 322 g/mol. The summed E-state index contributed by atoms with van der Waals surface area (Å²) >= 11 is 0. The van der Waals surface area contributed by atoms with Gasteiger partial charge in [0.2, 0.25) is 0 Å². The van der Waals surface area contributed by atoms with Gasteiger partial charge < -0.3 is 14.7 Å². The minimum Gasteiger partial charge on any atom is -0.449 e. The van der Waals surface area contributed by atoms with Gasteiger partial charge in [0.1, 0.15) is 0 Å². The molecule has 2 aromatic carbocycles. The molecule has 1 aliphatic heterocycles. The van der Waals surface area contributed by atoms with E-state index >= 15 is 0 Å². The number of aromatic nitrogens is 3. The number of nitrogens with zero attached hydrogens (tertiary/aromatic N) is 4. The zero-order valence-electron chi connectivity index (χ0n) is 12.8. The lowest BCUT2D eigenvalue weighted by molar-refractivity contribution is 0.140. The fraction of sp³-hybridized carbons (Fsp3) is 0.118. The maximum atomic E-state index is 10.8. The molecule has 0 saturated carbocycles. The van der Waals surface area contributed by atoms with E-state index in [1.54, 1.807) is 4.68 Å². The van der Waals surface area contributed by atoms with Gasteiger partial charge in [0, 0.05) is 5.69 Å². The quantitative estimate of drug-likeness (QED) is 0.727. The molecule has 1 aromatic heterocycles. The number of hydrogen-bond donors (Lipinski definition) is 1. The molecule has 1 aliphatic rings. The van der Waals surface area contributed by atoms with E-state index in [1.807, 2.05) is 61.5 Å². The van der Waals surface area contributed by atoms with Crippen molar-refractivity contribution < 1.29 is 14.6 Å². The number of anilines is 2. The number of ether oxygens (including phenoxy) is 1. The minimum absolute atomic E-state index is 0.138. The second kappa shape index (κ2) is 5.38. The number of carboxylic acid groups (broad SMARTS) is 1. The van der Waals surface area contributed by atoms with Gasteiger partial charge in [-0.15, -0.1) is 5.10 Å². The van der Waals surface area contributed by atoms with Crippen LogP contribution in [0.5, 0.6) is 6.01 Å². The largest absolute Gasteiger partial charge is 0.513 e. The Balaban J connectivity index is 1.89. The predicted molar refractivity (Wildman–Crippen MR) is 87.0 cm³/mol. The first-order chi connectivity index (χ1) is 11.6. The highest BCUT2D eigenvalue weighted by Gasteiger charge is 2.32. The van der Waals surface area contributed by atoms with Crippen molar-refractivity contribution in [2.45, 2.75) is 13.0 Å². The molecule has 0 spiro atoms. The van der Waals surface area contributed by atoms with Gasteiger partial charge in [0.25, 0.3) is 0 Å². The minimum atomic E-state index is -1.43. The lowest BCUT2D eigenvalue weighted by atomic mass is 10.1. The van der Waals surface area contributed by atoms with Crippen LogP contribution < -0.4 is 9.64 Å². The highest BCUT2D eigenvalue weighted by Crippen LogP contribution is 2.42. The van der Waals surface area contributed by atoms with E-state index in [9.17, 15) is 4.79 Å². The van der Waals surface area contributed by atoms with Gasteiger partial charge in [0.15, 0.2) is 5.82 Å². The van der Waals surface area contributed by atoms with Gasteiger partial charge >= 0.3 is 12.2 Å². The molecule has 0 radical (unpaired) electrons. The summed E-state index contributed by atoms with van der Waals surface area (Å²) in [7, 11) is 0. The molecule has 24 heavy (non-hydrogen) atoms. The number of rotatable bonds is 2. The third-order valence-corrected chi connectivity index (χ3v) is 3.96. The fourth-order valence-corrected chi connectivity index (χ4v) is 3.00. The molecule has 4 rings (SSSR count). The molecule has 1 N–H and O–H groups in total. The summed E-state index contributed by atoms with van der Waals surface area (Å²) in [4.78, 5) is 17.2. The SMILES string of the molecule is CC1c2nc(OC(=O)O)nn2-c2ccccc2N1c1ccccc1. The van der Waals surface area contributed by atoms with Crippen LogP contribution in [-0.4, -0.2) is 26.0 Å². The average Bonchev–Trinajstić information content (AvgIpc) is 3.00. The summed E-state index contributed by atoms with van der Waals surface area (Å²) in [5.74, 6) is 0.619. The summed E-state index contributed by atoms with van der Waals surface area (Å²) in [6, 6.07) is 17.4. The van der Waals surface area contributed by atoms with Crippen LogP contribution in [-0.2, 0) is 0 Å². The van der Waals surface area contributed by atoms with E-state index in [0.29, 0.717) is 5.82 Å². The molecule has 7 heteroatoms. The van der Waals surface area contributed by atoms with Crippen molar-refractivity contribution in [1.82, 2.24) is 14.8 Å². The molecule has 0 aliphatic carbocycles. The number of benzene rings is 2. The third-order valence-electron chi connectivity index (χ3n) is 3.96. The van der Waals surface area contributed by atoms with Crippen LogP contribution in [0, 0.1) is 0 Å². The van der Waals surface area contributed by atoms with Gasteiger partial charge in [-0.2, -0.15) is 4.98 Å². The van der Waals surface area contributed by atoms with Gasteiger partial charge in [-0.05, 0) is 31.2 Å². The van der Waals surface area contributed by atoms with Gasteiger partial charge in [0.05, 0.1) is 17.4 Å². The van der Waals surface area contributed by atoms with Crippen LogP contribution in [0.15, 0.2) is 54.6 Å². The van der Waals surface area contributed by atoms with E-state index in [1.165, 1.54) is 0 Å². The molecular formula is C17H14N4O3. The van der Waals surface area contributed by atoms with Crippen molar-refractivity contribution in [1.29, 1.82) is 0 Å². The zero-order chi connectivity index (χ0) is 16.7. The van der Waals surface area contributed by atoms with Crippen LogP contribution in [0.3, 0.4) is 0 Å². The molecule has 0 bridgehead atoms. The molecule has 1 atom stereocenters. The van der Waals surface area contributed by atoms with Gasteiger partial charge in [-0.1, -0.05) is 30.3 Å². The molecule has 3 aromatic rings. The van der Waals surface area contributed by atoms with E-state index in [-0.39, 0.29) is 12.1 Å². The van der Waals surface area contributed by atoms with E-state index < -0.39 is 6.16 Å². The Hall–Kier alpha value is -3.35. The van der Waals surface area contributed by atoms with E-state index in [0.717, 1.165) is 17.1 Å². The van der Waals surface area contributed by atoms with Crippen molar-refractivity contribution in [3.63, 3.8) is 0 Å². The van der Waals surface area contributed by atoms with Crippen LogP contribution in [0.4, 0.5) is 16.2 Å². The van der Waals surface area contributed by atoms with Crippen LogP contribution in [0.2, 0.25) is 0 Å². The Morgan fingerprint density at radius 1 is 1.08 bits per heavy atom. The fourth-order valence-electron chi connectivity index (χ4n) is 3.00. The summed E-state index contributed by atoms with van der Waals surface area (Å²) in [5.41, 5.74) is 2.81. The second-order valence-electron chi connectivity index (χ2n) is 5.40. The molecule has 1 unspecified atom stereocenters. The van der Waals surface area contributed by atoms with Crippen molar-refractivity contribution in [2.24, 2.45) is 0 Å². The molecular weight excluding hydrogens is 308 g/mol. The second-order valence-corrected chi connectivity index (χ2v) is 5.40. The Kier molecular flexibility index (Phi) is 3.19. The number of para-hydroxylation sites is 3. The summed E-state index contributed by atoms with van der Waals surface area (Å²) in [5, 5.41) is 13.0. The summed E-state index contributed by atoms with van der Waals surface area (Å²) in [6.07, 6.45) is -1.43. The van der Waals surface area contributed by atoms with E-state index in [4.69, 9.17) is 5.11 Å². The molecule has 7 nitrogen and oxygen atoms in total. The highest BCUT2D eigenvalue weighted by molar-refractivity contribution is 5.74. The summed E-state index contributed by atoms with van der Waals surface area (Å²) < 4.78 is 6.26. The third kappa shape index (κ3) is 2.18. The Bertz CT molecular complexity index is 907. The maximum absolute atomic E-state index is 10.8. The Labute approximate surface area is 137 Å². The molecule has 0 fully saturated rings. The van der Waals surface area contributed by atoms with Crippen LogP contribution in [0.25, 0.3) is 5.69 Å². The molecule has 120 valence electrons. The standard InChI is InChI=1S/C17H14N4O3/c1-11-15-18-16(24-17(22)23)19-21(15)14-10-6-5-9-13(14)20(11)12-7-3-2-4-8-12/h2-11H,1H3,(H,22,23). The molecule has 0 saturated heterocycles. The normalized spacial score (nSPS) is 15.5.